The van der Waals surface area contributed by atoms with E-state index in [1.807, 2.05) is 4.90 Å². The molecule has 0 saturated carbocycles. The Bertz CT molecular complexity index is 605. The third-order valence-electron chi connectivity index (χ3n) is 3.41. The molecule has 2 heterocycles. The van der Waals surface area contributed by atoms with Crippen LogP contribution in [-0.4, -0.2) is 43.1 Å². The van der Waals surface area contributed by atoms with Crippen LogP contribution in [0.1, 0.15) is 31.3 Å². The molecule has 2 rings (SSSR count). The second-order valence-electron chi connectivity index (χ2n) is 6.27. The third kappa shape index (κ3) is 3.72. The van der Waals surface area contributed by atoms with Gasteiger partial charge in [0.25, 0.3) is 0 Å². The Morgan fingerprint density at radius 3 is 2.57 bits per heavy atom. The molecule has 8 heteroatoms. The van der Waals surface area contributed by atoms with Gasteiger partial charge in [0, 0.05) is 41.1 Å². The van der Waals surface area contributed by atoms with Gasteiger partial charge in [-0.2, -0.15) is 11.8 Å². The second kappa shape index (κ2) is 6.06. The molecule has 21 heavy (non-hydrogen) atoms. The van der Waals surface area contributed by atoms with Gasteiger partial charge in [0.2, 0.25) is 0 Å². The smallest absolute Gasteiger partial charge is 0.186 e. The van der Waals surface area contributed by atoms with Gasteiger partial charge in [-0.15, -0.1) is 11.3 Å². The monoisotopic (exact) mass is 349 g/mol. The first-order chi connectivity index (χ1) is 9.64. The lowest BCUT2D eigenvalue weighted by molar-refractivity contribution is 0.564. The number of anilines is 1. The van der Waals surface area contributed by atoms with Crippen molar-refractivity contribution in [1.82, 2.24) is 4.98 Å². The average molecular weight is 350 g/mol. The van der Waals surface area contributed by atoms with Crippen molar-refractivity contribution in [1.29, 1.82) is 0 Å². The molecule has 0 aliphatic carbocycles. The van der Waals surface area contributed by atoms with E-state index in [1.165, 1.54) is 17.6 Å². The molecule has 0 amide bonds. The summed E-state index contributed by atoms with van der Waals surface area (Å²) < 4.78 is 24.1. The largest absolute Gasteiger partial charge is 0.329 e. The fraction of sp³-hybridized carbons (Fsp3) is 0.769. The van der Waals surface area contributed by atoms with Crippen LogP contribution in [0.4, 0.5) is 5.13 Å². The first kappa shape index (κ1) is 17.1. The van der Waals surface area contributed by atoms with E-state index in [9.17, 15) is 8.42 Å². The molecule has 1 saturated heterocycles. The van der Waals surface area contributed by atoms with Crippen molar-refractivity contribution in [3.63, 3.8) is 0 Å². The fourth-order valence-corrected chi connectivity index (χ4v) is 6.45. The zero-order chi connectivity index (χ0) is 15.8. The van der Waals surface area contributed by atoms with Crippen molar-refractivity contribution in [2.24, 2.45) is 5.73 Å². The first-order valence-electron chi connectivity index (χ1n) is 6.88. The molecule has 0 radical (unpaired) electrons. The Kier molecular flexibility index (Phi) is 4.92. The van der Waals surface area contributed by atoms with Gasteiger partial charge >= 0.3 is 0 Å². The fourth-order valence-electron chi connectivity index (χ4n) is 2.34. The van der Waals surface area contributed by atoms with Crippen LogP contribution in [0.2, 0.25) is 0 Å². The summed E-state index contributed by atoms with van der Waals surface area (Å²) in [6, 6.07) is 0. The topological polar surface area (TPSA) is 76.3 Å². The maximum atomic E-state index is 12.0. The summed E-state index contributed by atoms with van der Waals surface area (Å²) in [6.45, 7) is 7.46. The number of hydrogen-bond donors (Lipinski definition) is 1. The standard InChI is InChI=1S/C13H23N3O2S3/c1-13(2,3)11-9(7-14)20-12(15-11)16-5-6-19-8-10(16)21(4,17)18/h10H,5-8,14H2,1-4H3. The zero-order valence-corrected chi connectivity index (χ0v) is 15.4. The van der Waals surface area contributed by atoms with Crippen LogP contribution in [0.5, 0.6) is 0 Å². The molecule has 1 aliphatic heterocycles. The van der Waals surface area contributed by atoms with Gasteiger partial charge in [-0.05, 0) is 0 Å². The van der Waals surface area contributed by atoms with E-state index >= 15 is 0 Å². The summed E-state index contributed by atoms with van der Waals surface area (Å²) >= 11 is 3.21. The minimum Gasteiger partial charge on any atom is -0.329 e. The summed E-state index contributed by atoms with van der Waals surface area (Å²) in [5.74, 6) is 1.52. The van der Waals surface area contributed by atoms with E-state index in [2.05, 4.69) is 20.8 Å². The van der Waals surface area contributed by atoms with Crippen LogP contribution in [0, 0.1) is 0 Å². The summed E-state index contributed by atoms with van der Waals surface area (Å²) in [5.41, 5.74) is 6.73. The minimum atomic E-state index is -3.13. The number of nitrogens with zero attached hydrogens (tertiary/aromatic N) is 2. The second-order valence-corrected chi connectivity index (χ2v) is 10.7. The quantitative estimate of drug-likeness (QED) is 0.897. The van der Waals surface area contributed by atoms with Crippen LogP contribution >= 0.6 is 23.1 Å². The van der Waals surface area contributed by atoms with Crippen LogP contribution < -0.4 is 10.6 Å². The number of nitrogens with two attached hydrogens (primary N) is 1. The molecule has 0 aromatic carbocycles. The van der Waals surface area contributed by atoms with Gasteiger partial charge in [0.1, 0.15) is 5.37 Å². The highest BCUT2D eigenvalue weighted by Crippen LogP contribution is 2.36. The van der Waals surface area contributed by atoms with E-state index in [4.69, 9.17) is 10.7 Å². The molecule has 5 nitrogen and oxygen atoms in total. The number of rotatable bonds is 3. The first-order valence-corrected chi connectivity index (χ1v) is 10.8. The molecular formula is C13H23N3O2S3. The molecule has 120 valence electrons. The van der Waals surface area contributed by atoms with E-state index in [-0.39, 0.29) is 5.41 Å². The van der Waals surface area contributed by atoms with E-state index < -0.39 is 15.2 Å². The molecular weight excluding hydrogens is 326 g/mol. The lowest BCUT2D eigenvalue weighted by Crippen LogP contribution is -2.47. The number of thioether (sulfide) groups is 1. The lowest BCUT2D eigenvalue weighted by Gasteiger charge is -2.33. The minimum absolute atomic E-state index is 0.0887. The number of sulfone groups is 1. The van der Waals surface area contributed by atoms with Gasteiger partial charge in [-0.1, -0.05) is 20.8 Å². The molecule has 0 spiro atoms. The highest BCUT2D eigenvalue weighted by Gasteiger charge is 2.34. The Balaban J connectivity index is 2.43. The Hall–Kier alpha value is -0.310. The SMILES string of the molecule is CC(C)(C)c1nc(N2CCSCC2S(C)(=O)=O)sc1CN. The molecule has 1 aromatic heterocycles. The highest BCUT2D eigenvalue weighted by molar-refractivity contribution is 8.01. The number of thiazole rings is 1. The van der Waals surface area contributed by atoms with Gasteiger partial charge in [0.15, 0.2) is 15.0 Å². The third-order valence-corrected chi connectivity index (χ3v) is 7.16. The lowest BCUT2D eigenvalue weighted by atomic mass is 9.91. The van der Waals surface area contributed by atoms with Crippen molar-refractivity contribution >= 4 is 38.1 Å². The van der Waals surface area contributed by atoms with Crippen molar-refractivity contribution in [2.45, 2.75) is 38.1 Å². The number of aromatic nitrogens is 1. The van der Waals surface area contributed by atoms with Crippen molar-refractivity contribution < 1.29 is 8.42 Å². The van der Waals surface area contributed by atoms with Gasteiger partial charge in [-0.3, -0.25) is 0 Å². The van der Waals surface area contributed by atoms with Crippen LogP contribution in [-0.2, 0) is 21.8 Å². The number of hydrogen-bond acceptors (Lipinski definition) is 7. The molecule has 0 bridgehead atoms. The predicted octanol–water partition coefficient (Wildman–Crippen LogP) is 1.82. The molecule has 1 atom stereocenters. The van der Waals surface area contributed by atoms with Crippen LogP contribution in [0.15, 0.2) is 0 Å². The van der Waals surface area contributed by atoms with Gasteiger partial charge in [-0.25, -0.2) is 13.4 Å². The molecule has 2 N–H and O–H groups in total. The Morgan fingerprint density at radius 2 is 2.10 bits per heavy atom. The predicted molar refractivity (Wildman–Crippen MR) is 92.0 cm³/mol. The van der Waals surface area contributed by atoms with Crippen molar-refractivity contribution in [3.05, 3.63) is 10.6 Å². The Morgan fingerprint density at radius 1 is 1.43 bits per heavy atom. The molecule has 1 unspecified atom stereocenters. The van der Waals surface area contributed by atoms with E-state index in [0.717, 1.165) is 21.5 Å². The van der Waals surface area contributed by atoms with Gasteiger partial charge < -0.3 is 10.6 Å². The summed E-state index contributed by atoms with van der Waals surface area (Å²) in [7, 11) is -3.13. The van der Waals surface area contributed by atoms with E-state index in [1.54, 1.807) is 11.8 Å². The van der Waals surface area contributed by atoms with Crippen LogP contribution in [0.3, 0.4) is 0 Å². The average Bonchev–Trinajstić information content (AvgIpc) is 2.81. The van der Waals surface area contributed by atoms with Crippen molar-refractivity contribution in [3.8, 4) is 0 Å². The molecule has 1 aliphatic rings. The summed E-state index contributed by atoms with van der Waals surface area (Å²) in [5, 5.41) is 0.303. The van der Waals surface area contributed by atoms with Gasteiger partial charge in [0.05, 0.1) is 5.69 Å². The summed E-state index contributed by atoms with van der Waals surface area (Å²) in [4.78, 5) is 7.71. The molecule has 1 aromatic rings. The maximum Gasteiger partial charge on any atom is 0.186 e. The van der Waals surface area contributed by atoms with Crippen molar-refractivity contribution in [2.75, 3.05) is 29.2 Å². The van der Waals surface area contributed by atoms with Crippen LogP contribution in [0.25, 0.3) is 0 Å². The highest BCUT2D eigenvalue weighted by atomic mass is 32.2. The summed E-state index contributed by atoms with van der Waals surface area (Å²) in [6.07, 6.45) is 1.30. The normalized spacial score (nSPS) is 20.8. The zero-order valence-electron chi connectivity index (χ0n) is 12.9. The molecule has 1 fully saturated rings. The maximum absolute atomic E-state index is 12.0. The van der Waals surface area contributed by atoms with E-state index in [0.29, 0.717) is 18.8 Å². The Labute approximate surface area is 135 Å².